The van der Waals surface area contributed by atoms with Crippen molar-refractivity contribution < 1.29 is 37.7 Å². The standard InChI is InChI=1S/C25H26FNO7/c1-3-14-31-25-21(27-16(2)28)22(34-24(30)18-12-8-5-9-13-18)20(26)19(33-25)15-32-23(29)17-10-6-4-7-11-17/h3-13,19-22,25H,1,14-15H2,2H3,(H,27,28)/t19-,20-,21+,22+,25+/m1/s1. The molecule has 1 heterocycles. The van der Waals surface area contributed by atoms with Crippen LogP contribution in [0, 0.1) is 0 Å². The fourth-order valence-electron chi connectivity index (χ4n) is 3.44. The van der Waals surface area contributed by atoms with Gasteiger partial charge >= 0.3 is 11.9 Å². The van der Waals surface area contributed by atoms with Crippen LogP contribution in [0.15, 0.2) is 73.3 Å². The second-order valence-electron chi connectivity index (χ2n) is 7.54. The number of amides is 1. The molecule has 5 atom stereocenters. The zero-order valence-electron chi connectivity index (χ0n) is 18.6. The number of halogens is 1. The Kier molecular flexibility index (Phi) is 8.89. The first-order valence-electron chi connectivity index (χ1n) is 10.7. The van der Waals surface area contributed by atoms with Gasteiger partial charge in [0.2, 0.25) is 5.91 Å². The molecule has 34 heavy (non-hydrogen) atoms. The fourth-order valence-corrected chi connectivity index (χ4v) is 3.44. The Morgan fingerprint density at radius 3 is 2.18 bits per heavy atom. The molecular weight excluding hydrogens is 445 g/mol. The van der Waals surface area contributed by atoms with E-state index in [-0.39, 0.29) is 17.7 Å². The zero-order chi connectivity index (χ0) is 24.5. The minimum atomic E-state index is -1.93. The van der Waals surface area contributed by atoms with Gasteiger partial charge in [-0.3, -0.25) is 4.79 Å². The summed E-state index contributed by atoms with van der Waals surface area (Å²) in [6, 6.07) is 15.1. The highest BCUT2D eigenvalue weighted by molar-refractivity contribution is 5.90. The van der Waals surface area contributed by atoms with Crippen molar-refractivity contribution in [2.24, 2.45) is 0 Å². The molecule has 0 bridgehead atoms. The highest BCUT2D eigenvalue weighted by atomic mass is 19.1. The summed E-state index contributed by atoms with van der Waals surface area (Å²) in [7, 11) is 0. The van der Waals surface area contributed by atoms with Crippen molar-refractivity contribution in [2.45, 2.75) is 37.6 Å². The van der Waals surface area contributed by atoms with Crippen molar-refractivity contribution in [1.82, 2.24) is 5.32 Å². The first kappa shape index (κ1) is 25.1. The molecule has 0 aliphatic carbocycles. The van der Waals surface area contributed by atoms with E-state index in [4.69, 9.17) is 18.9 Å². The van der Waals surface area contributed by atoms with E-state index in [1.54, 1.807) is 48.5 Å². The summed E-state index contributed by atoms with van der Waals surface area (Å²) >= 11 is 0. The van der Waals surface area contributed by atoms with Gasteiger partial charge in [0.05, 0.1) is 17.7 Å². The van der Waals surface area contributed by atoms with Crippen molar-refractivity contribution in [2.75, 3.05) is 13.2 Å². The predicted octanol–water partition coefficient (Wildman–Crippen LogP) is 2.84. The molecule has 1 N–H and O–H groups in total. The van der Waals surface area contributed by atoms with E-state index in [0.29, 0.717) is 0 Å². The van der Waals surface area contributed by atoms with Crippen LogP contribution in [0.25, 0.3) is 0 Å². The van der Waals surface area contributed by atoms with E-state index < -0.39 is 55.2 Å². The van der Waals surface area contributed by atoms with Crippen LogP contribution >= 0.6 is 0 Å². The number of hydrogen-bond acceptors (Lipinski definition) is 7. The summed E-state index contributed by atoms with van der Waals surface area (Å²) in [5, 5.41) is 2.54. The number of benzene rings is 2. The summed E-state index contributed by atoms with van der Waals surface area (Å²) in [5.74, 6) is -1.95. The van der Waals surface area contributed by atoms with Crippen molar-refractivity contribution in [3.05, 3.63) is 84.4 Å². The maximum Gasteiger partial charge on any atom is 0.338 e. The highest BCUT2D eigenvalue weighted by Gasteiger charge is 2.50. The molecular formula is C25H26FNO7. The Balaban J connectivity index is 1.81. The van der Waals surface area contributed by atoms with E-state index >= 15 is 4.39 Å². The summed E-state index contributed by atoms with van der Waals surface area (Å²) in [6.07, 6.45) is -4.47. The van der Waals surface area contributed by atoms with Gasteiger partial charge in [0.25, 0.3) is 0 Å². The van der Waals surface area contributed by atoms with Crippen molar-refractivity contribution in [3.63, 3.8) is 0 Å². The smallest absolute Gasteiger partial charge is 0.338 e. The molecule has 2 aromatic carbocycles. The molecule has 1 aliphatic heterocycles. The summed E-state index contributed by atoms with van der Waals surface area (Å²) in [5.41, 5.74) is 0.495. The van der Waals surface area contributed by atoms with E-state index in [2.05, 4.69) is 11.9 Å². The van der Waals surface area contributed by atoms with Gasteiger partial charge < -0.3 is 24.3 Å². The van der Waals surface area contributed by atoms with Gasteiger partial charge in [-0.2, -0.15) is 0 Å². The number of carbonyl (C=O) groups excluding carboxylic acids is 3. The molecule has 1 saturated heterocycles. The normalized spacial score (nSPS) is 24.0. The molecule has 9 heteroatoms. The van der Waals surface area contributed by atoms with Crippen LogP contribution in [-0.4, -0.2) is 61.8 Å². The van der Waals surface area contributed by atoms with E-state index in [0.717, 1.165) is 0 Å². The first-order chi connectivity index (χ1) is 16.4. The SMILES string of the molecule is C=CCO[C@H]1O[C@H](COC(=O)c2ccccc2)[C@@H](F)[C@H](OC(=O)c2ccccc2)[C@@H]1NC(C)=O. The molecule has 1 fully saturated rings. The van der Waals surface area contributed by atoms with Crippen molar-refractivity contribution in [3.8, 4) is 0 Å². The van der Waals surface area contributed by atoms with Gasteiger partial charge in [-0.15, -0.1) is 6.58 Å². The Bertz CT molecular complexity index is 985. The summed E-state index contributed by atoms with van der Waals surface area (Å²) < 4.78 is 37.6. The molecule has 180 valence electrons. The van der Waals surface area contributed by atoms with Crippen LogP contribution in [0.3, 0.4) is 0 Å². The van der Waals surface area contributed by atoms with Crippen LogP contribution in [0.2, 0.25) is 0 Å². The first-order valence-corrected chi connectivity index (χ1v) is 10.7. The number of carbonyl (C=O) groups is 3. The zero-order valence-corrected chi connectivity index (χ0v) is 18.6. The van der Waals surface area contributed by atoms with Gasteiger partial charge in [-0.25, -0.2) is 14.0 Å². The monoisotopic (exact) mass is 471 g/mol. The number of nitrogens with one attached hydrogen (secondary N) is 1. The number of ether oxygens (including phenoxy) is 4. The maximum absolute atomic E-state index is 15.6. The summed E-state index contributed by atoms with van der Waals surface area (Å²) in [6.45, 7) is 4.36. The minimum Gasteiger partial charge on any atom is -0.459 e. The van der Waals surface area contributed by atoms with Crippen LogP contribution in [0.1, 0.15) is 27.6 Å². The fraction of sp³-hybridized carbons (Fsp3) is 0.320. The third-order valence-corrected chi connectivity index (χ3v) is 5.01. The lowest BCUT2D eigenvalue weighted by Gasteiger charge is -2.42. The van der Waals surface area contributed by atoms with E-state index in [1.807, 2.05) is 0 Å². The quantitative estimate of drug-likeness (QED) is 0.443. The van der Waals surface area contributed by atoms with E-state index in [9.17, 15) is 14.4 Å². The average molecular weight is 471 g/mol. The van der Waals surface area contributed by atoms with Crippen LogP contribution in [-0.2, 0) is 23.7 Å². The predicted molar refractivity (Wildman–Crippen MR) is 120 cm³/mol. The number of rotatable bonds is 9. The molecule has 8 nitrogen and oxygen atoms in total. The largest absolute Gasteiger partial charge is 0.459 e. The van der Waals surface area contributed by atoms with Gasteiger partial charge in [-0.05, 0) is 24.3 Å². The third kappa shape index (κ3) is 6.49. The molecule has 0 saturated carbocycles. The van der Waals surface area contributed by atoms with Gasteiger partial charge in [0, 0.05) is 6.92 Å². The van der Waals surface area contributed by atoms with Crippen LogP contribution < -0.4 is 5.32 Å². The molecule has 3 rings (SSSR count). The Morgan fingerprint density at radius 2 is 1.62 bits per heavy atom. The lowest BCUT2D eigenvalue weighted by Crippen LogP contribution is -2.64. The molecule has 0 spiro atoms. The third-order valence-electron chi connectivity index (χ3n) is 5.01. The molecule has 0 radical (unpaired) electrons. The Hall–Kier alpha value is -3.56. The lowest BCUT2D eigenvalue weighted by molar-refractivity contribution is -0.254. The highest BCUT2D eigenvalue weighted by Crippen LogP contribution is 2.28. The number of alkyl halides is 1. The molecule has 0 aromatic heterocycles. The van der Waals surface area contributed by atoms with Crippen molar-refractivity contribution in [1.29, 1.82) is 0 Å². The second-order valence-corrected chi connectivity index (χ2v) is 7.54. The number of hydrogen-bond donors (Lipinski definition) is 1. The van der Waals surface area contributed by atoms with Gasteiger partial charge in [0.15, 0.2) is 18.6 Å². The molecule has 1 aliphatic rings. The topological polar surface area (TPSA) is 100 Å². The van der Waals surface area contributed by atoms with Crippen LogP contribution in [0.5, 0.6) is 0 Å². The van der Waals surface area contributed by atoms with Gasteiger partial charge in [-0.1, -0.05) is 42.5 Å². The van der Waals surface area contributed by atoms with Gasteiger partial charge in [0.1, 0.15) is 18.8 Å². The second kappa shape index (κ2) is 12.1. The minimum absolute atomic E-state index is 0.0214. The maximum atomic E-state index is 15.6. The van der Waals surface area contributed by atoms with E-state index in [1.165, 1.54) is 25.1 Å². The molecule has 0 unspecified atom stereocenters. The number of esters is 2. The summed E-state index contributed by atoms with van der Waals surface area (Å²) in [4.78, 5) is 36.8. The Morgan fingerprint density at radius 1 is 1.03 bits per heavy atom. The molecule has 1 amide bonds. The lowest BCUT2D eigenvalue weighted by atomic mass is 9.97. The van der Waals surface area contributed by atoms with Crippen LogP contribution in [0.4, 0.5) is 4.39 Å². The average Bonchev–Trinajstić information content (AvgIpc) is 2.85. The van der Waals surface area contributed by atoms with Crippen molar-refractivity contribution >= 4 is 17.8 Å². The Labute approximate surface area is 196 Å². The molecule has 2 aromatic rings.